The normalized spacial score (nSPS) is 22.7. The molecule has 0 aromatic carbocycles. The Morgan fingerprint density at radius 3 is 2.69 bits per heavy atom. The second kappa shape index (κ2) is 9.00. The minimum absolute atomic E-state index is 0.357. The van der Waals surface area contributed by atoms with Gasteiger partial charge in [0, 0.05) is 63.5 Å². The van der Waals surface area contributed by atoms with Gasteiger partial charge in [0.05, 0.1) is 6.20 Å². The zero-order valence-electron chi connectivity index (χ0n) is 16.8. The van der Waals surface area contributed by atoms with Gasteiger partial charge in [-0.15, -0.1) is 0 Å². The van der Waals surface area contributed by atoms with Crippen LogP contribution in [0.25, 0.3) is 0 Å². The Hall–Kier alpha value is -1.40. The number of rotatable bonds is 6. The summed E-state index contributed by atoms with van der Waals surface area (Å²) in [6.45, 7) is 12.3. The lowest BCUT2D eigenvalue weighted by Gasteiger charge is -2.34. The first-order valence-corrected chi connectivity index (χ1v) is 10.3. The summed E-state index contributed by atoms with van der Waals surface area (Å²) >= 11 is 0. The van der Waals surface area contributed by atoms with Crippen molar-refractivity contribution in [3.05, 3.63) is 17.5 Å². The molecule has 0 bridgehead atoms. The van der Waals surface area contributed by atoms with Crippen LogP contribution in [0.15, 0.2) is 6.20 Å². The van der Waals surface area contributed by atoms with E-state index in [4.69, 9.17) is 0 Å². The summed E-state index contributed by atoms with van der Waals surface area (Å²) in [7, 11) is 2.13. The summed E-state index contributed by atoms with van der Waals surface area (Å²) in [5.74, 6) is 1.01. The van der Waals surface area contributed by atoms with Crippen molar-refractivity contribution in [1.82, 2.24) is 24.5 Å². The van der Waals surface area contributed by atoms with Crippen molar-refractivity contribution in [2.45, 2.75) is 52.6 Å². The van der Waals surface area contributed by atoms with Crippen molar-refractivity contribution in [1.29, 1.82) is 0 Å². The molecule has 1 atom stereocenters. The number of piperazine rings is 1. The van der Waals surface area contributed by atoms with Gasteiger partial charge >= 0.3 is 0 Å². The Morgan fingerprint density at radius 2 is 2.00 bits per heavy atom. The number of aryl methyl sites for hydroxylation is 1. The maximum Gasteiger partial charge on any atom is 0.222 e. The molecule has 146 valence electrons. The molecule has 26 heavy (non-hydrogen) atoms. The maximum atomic E-state index is 12.5. The fraction of sp³-hybridized carbons (Fsp3) is 0.800. The molecule has 0 radical (unpaired) electrons. The van der Waals surface area contributed by atoms with E-state index in [1.54, 1.807) is 0 Å². The van der Waals surface area contributed by atoms with Gasteiger partial charge < -0.3 is 9.80 Å². The van der Waals surface area contributed by atoms with Gasteiger partial charge in [0.15, 0.2) is 0 Å². The Labute approximate surface area is 158 Å². The monoisotopic (exact) mass is 361 g/mol. The first-order valence-electron chi connectivity index (χ1n) is 10.3. The summed E-state index contributed by atoms with van der Waals surface area (Å²) in [4.78, 5) is 19.4. The first kappa shape index (κ1) is 19.4. The van der Waals surface area contributed by atoms with Crippen LogP contribution < -0.4 is 0 Å². The average molecular weight is 362 g/mol. The molecule has 1 aromatic rings. The van der Waals surface area contributed by atoms with E-state index in [9.17, 15) is 4.79 Å². The van der Waals surface area contributed by atoms with Crippen LogP contribution in [-0.2, 0) is 17.9 Å². The summed E-state index contributed by atoms with van der Waals surface area (Å²) in [5.41, 5.74) is 2.64. The number of carbonyl (C=O) groups excluding carboxylic acids is 1. The van der Waals surface area contributed by atoms with Crippen LogP contribution >= 0.6 is 0 Å². The number of likely N-dealkylation sites (N-methyl/N-ethyl adjacent to an activating group) is 1. The highest BCUT2D eigenvalue weighted by Crippen LogP contribution is 2.23. The largest absolute Gasteiger partial charge is 0.340 e. The average Bonchev–Trinajstić information content (AvgIpc) is 3.00. The van der Waals surface area contributed by atoms with E-state index in [0.29, 0.717) is 11.8 Å². The van der Waals surface area contributed by atoms with Gasteiger partial charge in [0.1, 0.15) is 0 Å². The topological polar surface area (TPSA) is 44.6 Å². The number of carbonyl (C=O) groups is 1. The van der Waals surface area contributed by atoms with Crippen molar-refractivity contribution in [3.8, 4) is 0 Å². The standard InChI is InChI=1S/C20H35N5O/c1-4-25-17(2)19(14-21-25)16-23-9-5-6-18(15-23)7-8-20(26)24-12-10-22(3)11-13-24/h14,18H,4-13,15-16H2,1-3H3. The van der Waals surface area contributed by atoms with E-state index in [-0.39, 0.29) is 0 Å². The van der Waals surface area contributed by atoms with E-state index in [2.05, 4.69) is 45.4 Å². The van der Waals surface area contributed by atoms with E-state index in [0.717, 1.165) is 58.7 Å². The number of hydrogen-bond donors (Lipinski definition) is 0. The number of likely N-dealkylation sites (tertiary alicyclic amines) is 1. The molecule has 3 heterocycles. The van der Waals surface area contributed by atoms with Crippen LogP contribution in [-0.4, -0.2) is 76.7 Å². The van der Waals surface area contributed by atoms with Gasteiger partial charge in [0.2, 0.25) is 5.91 Å². The second-order valence-electron chi connectivity index (χ2n) is 8.04. The third kappa shape index (κ3) is 4.86. The molecule has 0 N–H and O–H groups in total. The summed E-state index contributed by atoms with van der Waals surface area (Å²) in [6, 6.07) is 0. The maximum absolute atomic E-state index is 12.5. The minimum atomic E-state index is 0.357. The molecule has 2 aliphatic heterocycles. The molecule has 3 rings (SSSR count). The molecule has 2 saturated heterocycles. The Kier molecular flexibility index (Phi) is 6.70. The van der Waals surface area contributed by atoms with Gasteiger partial charge in [-0.1, -0.05) is 0 Å². The quantitative estimate of drug-likeness (QED) is 0.777. The SMILES string of the molecule is CCn1ncc(CN2CCCC(CCC(=O)N3CCN(C)CC3)C2)c1C. The van der Waals surface area contributed by atoms with Crippen molar-refractivity contribution in [2.75, 3.05) is 46.3 Å². The Morgan fingerprint density at radius 1 is 1.23 bits per heavy atom. The predicted octanol–water partition coefficient (Wildman–Crippen LogP) is 1.98. The lowest BCUT2D eigenvalue weighted by atomic mass is 9.93. The molecule has 0 saturated carbocycles. The number of nitrogens with zero attached hydrogens (tertiary/aromatic N) is 5. The minimum Gasteiger partial charge on any atom is -0.340 e. The summed E-state index contributed by atoms with van der Waals surface area (Å²) in [6.07, 6.45) is 6.29. The van der Waals surface area contributed by atoms with Crippen LogP contribution in [0.2, 0.25) is 0 Å². The molecule has 2 aliphatic rings. The smallest absolute Gasteiger partial charge is 0.222 e. The van der Waals surface area contributed by atoms with Gasteiger partial charge in [-0.3, -0.25) is 14.4 Å². The third-order valence-corrected chi connectivity index (χ3v) is 6.12. The highest BCUT2D eigenvalue weighted by Gasteiger charge is 2.24. The van der Waals surface area contributed by atoms with E-state index < -0.39 is 0 Å². The van der Waals surface area contributed by atoms with Crippen LogP contribution in [0.4, 0.5) is 0 Å². The van der Waals surface area contributed by atoms with Gasteiger partial charge in [-0.25, -0.2) is 0 Å². The lowest BCUT2D eigenvalue weighted by molar-refractivity contribution is -0.133. The molecule has 1 aromatic heterocycles. The van der Waals surface area contributed by atoms with Crippen LogP contribution in [0.5, 0.6) is 0 Å². The Bertz CT molecular complexity index is 591. The molecule has 6 nitrogen and oxygen atoms in total. The molecular formula is C20H35N5O. The molecule has 0 spiro atoms. The highest BCUT2D eigenvalue weighted by molar-refractivity contribution is 5.76. The molecule has 0 aliphatic carbocycles. The van der Waals surface area contributed by atoms with Crippen LogP contribution in [0, 0.1) is 12.8 Å². The van der Waals surface area contributed by atoms with Crippen molar-refractivity contribution in [3.63, 3.8) is 0 Å². The number of hydrogen-bond acceptors (Lipinski definition) is 4. The summed E-state index contributed by atoms with van der Waals surface area (Å²) in [5, 5.41) is 4.47. The zero-order valence-corrected chi connectivity index (χ0v) is 16.8. The van der Waals surface area contributed by atoms with Crippen molar-refractivity contribution >= 4 is 5.91 Å². The third-order valence-electron chi connectivity index (χ3n) is 6.12. The van der Waals surface area contributed by atoms with E-state index in [1.165, 1.54) is 30.6 Å². The summed E-state index contributed by atoms with van der Waals surface area (Å²) < 4.78 is 2.07. The Balaban J connectivity index is 1.44. The van der Waals surface area contributed by atoms with E-state index >= 15 is 0 Å². The fourth-order valence-corrected chi connectivity index (χ4v) is 4.27. The molecular weight excluding hydrogens is 326 g/mol. The zero-order chi connectivity index (χ0) is 18.5. The number of aromatic nitrogens is 2. The van der Waals surface area contributed by atoms with Gasteiger partial charge in [-0.2, -0.15) is 5.10 Å². The van der Waals surface area contributed by atoms with Gasteiger partial charge in [0.25, 0.3) is 0 Å². The van der Waals surface area contributed by atoms with Gasteiger partial charge in [-0.05, 0) is 52.6 Å². The first-order chi connectivity index (χ1) is 12.6. The number of piperidine rings is 1. The lowest BCUT2D eigenvalue weighted by Crippen LogP contribution is -2.47. The molecule has 2 fully saturated rings. The van der Waals surface area contributed by atoms with Crippen molar-refractivity contribution in [2.24, 2.45) is 5.92 Å². The van der Waals surface area contributed by atoms with Crippen molar-refractivity contribution < 1.29 is 4.79 Å². The second-order valence-corrected chi connectivity index (χ2v) is 8.04. The molecule has 6 heteroatoms. The predicted molar refractivity (Wildman–Crippen MR) is 104 cm³/mol. The van der Waals surface area contributed by atoms with Crippen LogP contribution in [0.3, 0.4) is 0 Å². The van der Waals surface area contributed by atoms with Crippen LogP contribution in [0.1, 0.15) is 43.9 Å². The number of amides is 1. The van der Waals surface area contributed by atoms with E-state index in [1.807, 2.05) is 6.20 Å². The molecule has 1 amide bonds. The highest BCUT2D eigenvalue weighted by atomic mass is 16.2. The fourth-order valence-electron chi connectivity index (χ4n) is 4.27. The molecule has 1 unspecified atom stereocenters.